The van der Waals surface area contributed by atoms with Crippen molar-refractivity contribution in [1.82, 2.24) is 14.1 Å². The van der Waals surface area contributed by atoms with Crippen molar-refractivity contribution in [3.63, 3.8) is 0 Å². The Morgan fingerprint density at radius 2 is 1.83 bits per heavy atom. The lowest BCUT2D eigenvalue weighted by Crippen LogP contribution is -2.24. The number of halogens is 2. The quantitative estimate of drug-likeness (QED) is 0.480. The molecule has 0 spiro atoms. The summed E-state index contributed by atoms with van der Waals surface area (Å²) in [5, 5.41) is 0. The van der Waals surface area contributed by atoms with Crippen LogP contribution in [0.3, 0.4) is 0 Å². The van der Waals surface area contributed by atoms with Gasteiger partial charge in [0.15, 0.2) is 4.96 Å². The van der Waals surface area contributed by atoms with Crippen molar-refractivity contribution in [3.05, 3.63) is 70.9 Å². The molecule has 10 heteroatoms. The van der Waals surface area contributed by atoms with Gasteiger partial charge in [-0.15, -0.1) is 0 Å². The molecule has 4 rings (SSSR count). The Labute approximate surface area is 175 Å². The van der Waals surface area contributed by atoms with Crippen LogP contribution in [0.4, 0.5) is 8.78 Å². The van der Waals surface area contributed by atoms with Crippen LogP contribution in [0.25, 0.3) is 16.2 Å². The van der Waals surface area contributed by atoms with Gasteiger partial charge in [0.2, 0.25) is 10.0 Å². The fourth-order valence-corrected chi connectivity index (χ4v) is 5.32. The molecule has 0 amide bonds. The fraction of sp³-hybridized carbons (Fsp3) is 0.150. The third-order valence-electron chi connectivity index (χ3n) is 4.63. The second-order valence-corrected chi connectivity index (χ2v) is 9.31. The Balaban J connectivity index is 1.59. The van der Waals surface area contributed by atoms with Crippen LogP contribution in [0.2, 0.25) is 0 Å². The van der Waals surface area contributed by atoms with Crippen LogP contribution < -0.4 is 9.46 Å². The number of benzene rings is 2. The molecule has 6 nitrogen and oxygen atoms in total. The van der Waals surface area contributed by atoms with Gasteiger partial charge in [-0.05, 0) is 49.4 Å². The second-order valence-electron chi connectivity index (χ2n) is 6.52. The highest BCUT2D eigenvalue weighted by molar-refractivity contribution is 7.89. The average molecular weight is 450 g/mol. The molecule has 0 atom stereocenters. The lowest BCUT2D eigenvalue weighted by atomic mass is 10.2. The molecular weight excluding hydrogens is 432 g/mol. The van der Waals surface area contributed by atoms with Gasteiger partial charge in [-0.25, -0.2) is 26.9 Å². The topological polar surface area (TPSA) is 72.7 Å². The van der Waals surface area contributed by atoms with Crippen LogP contribution in [-0.2, 0) is 16.6 Å². The van der Waals surface area contributed by atoms with Gasteiger partial charge < -0.3 is 4.74 Å². The first-order valence-electron chi connectivity index (χ1n) is 8.85. The van der Waals surface area contributed by atoms with Gasteiger partial charge in [-0.2, -0.15) is 0 Å². The van der Waals surface area contributed by atoms with Crippen molar-refractivity contribution in [1.29, 1.82) is 0 Å². The molecule has 0 radical (unpaired) electrons. The summed E-state index contributed by atoms with van der Waals surface area (Å²) in [6.45, 7) is 1.87. The first kappa shape index (κ1) is 20.5. The molecule has 0 aliphatic carbocycles. The van der Waals surface area contributed by atoms with Gasteiger partial charge in [-0.1, -0.05) is 11.3 Å². The normalized spacial score (nSPS) is 11.9. The number of rotatable bonds is 6. The molecule has 0 bridgehead atoms. The maximum atomic E-state index is 13.6. The van der Waals surface area contributed by atoms with Crippen molar-refractivity contribution in [2.24, 2.45) is 0 Å². The van der Waals surface area contributed by atoms with E-state index < -0.39 is 15.8 Å². The summed E-state index contributed by atoms with van der Waals surface area (Å²) in [4.78, 5) is 5.74. The first-order chi connectivity index (χ1) is 14.3. The van der Waals surface area contributed by atoms with E-state index in [9.17, 15) is 17.2 Å². The number of methoxy groups -OCH3 is 1. The summed E-state index contributed by atoms with van der Waals surface area (Å²) in [5.74, 6) is -0.929. The van der Waals surface area contributed by atoms with Gasteiger partial charge >= 0.3 is 0 Å². The number of ether oxygens (including phenoxy) is 1. The minimum atomic E-state index is -3.99. The molecule has 0 saturated carbocycles. The van der Waals surface area contributed by atoms with Crippen molar-refractivity contribution in [2.45, 2.75) is 18.4 Å². The number of nitrogens with zero attached hydrogens (tertiary/aromatic N) is 2. The molecule has 2 aromatic carbocycles. The molecule has 0 unspecified atom stereocenters. The Kier molecular flexibility index (Phi) is 5.31. The van der Waals surface area contributed by atoms with Crippen LogP contribution in [0, 0.1) is 18.6 Å². The molecule has 0 aliphatic rings. The lowest BCUT2D eigenvalue weighted by molar-refractivity contribution is 0.400. The van der Waals surface area contributed by atoms with Crippen LogP contribution >= 0.6 is 11.3 Å². The molecule has 4 aromatic rings. The maximum Gasteiger partial charge on any atom is 0.244 e. The van der Waals surface area contributed by atoms with Crippen LogP contribution in [0.1, 0.15) is 10.6 Å². The molecular formula is C20H17F2N3O3S2. The third kappa shape index (κ3) is 3.81. The van der Waals surface area contributed by atoms with Crippen molar-refractivity contribution >= 4 is 26.3 Å². The Hall–Kier alpha value is -2.82. The molecule has 0 saturated heterocycles. The SMILES string of the molecule is COc1ccc(F)cc1S(=O)(=O)NCc1sc2nc(-c3ccc(F)cc3)cn2c1C. The number of hydrogen-bond donors (Lipinski definition) is 1. The van der Waals surface area contributed by atoms with Crippen LogP contribution in [0.5, 0.6) is 5.75 Å². The van der Waals surface area contributed by atoms with E-state index in [0.29, 0.717) is 10.7 Å². The van der Waals surface area contributed by atoms with Crippen molar-refractivity contribution in [3.8, 4) is 17.0 Å². The molecule has 0 aliphatic heterocycles. The smallest absolute Gasteiger partial charge is 0.244 e. The highest BCUT2D eigenvalue weighted by atomic mass is 32.2. The maximum absolute atomic E-state index is 13.6. The molecule has 2 aromatic heterocycles. The van der Waals surface area contributed by atoms with E-state index in [-0.39, 0.29) is 23.0 Å². The molecule has 2 heterocycles. The van der Waals surface area contributed by atoms with Gasteiger partial charge in [0.25, 0.3) is 0 Å². The Bertz CT molecular complexity index is 1330. The standard InChI is InChI=1S/C20H17F2N3O3S2/c1-12-18(10-23-30(26,27)19-9-15(22)7-8-17(19)28-2)29-20-24-16(11-25(12)20)13-3-5-14(21)6-4-13/h3-9,11,23H,10H2,1-2H3. The number of imidazole rings is 1. The summed E-state index contributed by atoms with van der Waals surface area (Å²) in [5.41, 5.74) is 2.30. The van der Waals surface area contributed by atoms with E-state index in [1.54, 1.807) is 12.1 Å². The number of fused-ring (bicyclic) bond motifs is 1. The second kappa shape index (κ2) is 7.78. The van der Waals surface area contributed by atoms with E-state index in [0.717, 1.165) is 28.3 Å². The molecule has 30 heavy (non-hydrogen) atoms. The third-order valence-corrected chi connectivity index (χ3v) is 7.21. The first-order valence-corrected chi connectivity index (χ1v) is 11.1. The summed E-state index contributed by atoms with van der Waals surface area (Å²) in [7, 11) is -2.67. The average Bonchev–Trinajstić information content (AvgIpc) is 3.26. The highest BCUT2D eigenvalue weighted by Crippen LogP contribution is 2.28. The summed E-state index contributed by atoms with van der Waals surface area (Å²) in [6, 6.07) is 9.37. The van der Waals surface area contributed by atoms with Gasteiger partial charge in [0.05, 0.1) is 12.8 Å². The van der Waals surface area contributed by atoms with Gasteiger partial charge in [-0.3, -0.25) is 4.40 Å². The summed E-state index contributed by atoms with van der Waals surface area (Å²) >= 11 is 1.34. The van der Waals surface area contributed by atoms with Crippen LogP contribution in [0.15, 0.2) is 53.6 Å². The zero-order valence-electron chi connectivity index (χ0n) is 16.0. The number of nitrogens with one attached hydrogen (secondary N) is 1. The van der Waals surface area contributed by atoms with Crippen molar-refractivity contribution in [2.75, 3.05) is 7.11 Å². The Morgan fingerprint density at radius 3 is 2.50 bits per heavy atom. The summed E-state index contributed by atoms with van der Waals surface area (Å²) < 4.78 is 61.4. The van der Waals surface area contributed by atoms with E-state index in [1.165, 1.54) is 36.6 Å². The number of aromatic nitrogens is 2. The van der Waals surface area contributed by atoms with Crippen LogP contribution in [-0.4, -0.2) is 24.9 Å². The molecule has 1 N–H and O–H groups in total. The van der Waals surface area contributed by atoms with E-state index in [1.807, 2.05) is 17.5 Å². The number of sulfonamides is 1. The number of aryl methyl sites for hydroxylation is 1. The number of thiazole rings is 1. The van der Waals surface area contributed by atoms with Gasteiger partial charge in [0, 0.05) is 28.9 Å². The molecule has 0 fully saturated rings. The highest BCUT2D eigenvalue weighted by Gasteiger charge is 2.22. The molecule has 156 valence electrons. The van der Waals surface area contributed by atoms with Crippen molar-refractivity contribution < 1.29 is 21.9 Å². The minimum Gasteiger partial charge on any atom is -0.495 e. The predicted molar refractivity (Wildman–Crippen MR) is 110 cm³/mol. The van der Waals surface area contributed by atoms with E-state index in [4.69, 9.17) is 4.74 Å². The lowest BCUT2D eigenvalue weighted by Gasteiger charge is -2.10. The zero-order valence-corrected chi connectivity index (χ0v) is 17.7. The van der Waals surface area contributed by atoms with Gasteiger partial charge in [0.1, 0.15) is 22.3 Å². The largest absolute Gasteiger partial charge is 0.495 e. The summed E-state index contributed by atoms with van der Waals surface area (Å²) in [6.07, 6.45) is 1.82. The number of hydrogen-bond acceptors (Lipinski definition) is 5. The van der Waals surface area contributed by atoms with E-state index >= 15 is 0 Å². The fourth-order valence-electron chi connectivity index (χ4n) is 3.02. The monoisotopic (exact) mass is 449 g/mol. The van der Waals surface area contributed by atoms with E-state index in [2.05, 4.69) is 9.71 Å². The predicted octanol–water partition coefficient (Wildman–Crippen LogP) is 4.14. The minimum absolute atomic E-state index is 0.0216. The Morgan fingerprint density at radius 1 is 1.13 bits per heavy atom. The zero-order chi connectivity index (χ0) is 21.5.